The minimum atomic E-state index is -0.588. The minimum Gasteiger partial charge on any atom is -0.493 e. The van der Waals surface area contributed by atoms with E-state index in [0.717, 1.165) is 11.1 Å². The third-order valence-corrected chi connectivity index (χ3v) is 3.75. The molecule has 1 aliphatic rings. The molecule has 0 aromatic heterocycles. The van der Waals surface area contributed by atoms with Gasteiger partial charge in [0.1, 0.15) is 0 Å². The zero-order valence-corrected chi connectivity index (χ0v) is 14.9. The predicted octanol–water partition coefficient (Wildman–Crippen LogP) is 2.21. The van der Waals surface area contributed by atoms with Gasteiger partial charge in [0.15, 0.2) is 23.8 Å². The Morgan fingerprint density at radius 3 is 2.74 bits per heavy atom. The average Bonchev–Trinajstić information content (AvgIpc) is 3.01. The second-order valence-electron chi connectivity index (χ2n) is 5.87. The van der Waals surface area contributed by atoms with Gasteiger partial charge in [-0.25, -0.2) is 9.79 Å². The van der Waals surface area contributed by atoms with Crippen molar-refractivity contribution in [3.8, 4) is 11.5 Å². The fourth-order valence-electron chi connectivity index (χ4n) is 2.51. The monoisotopic (exact) mass is 366 g/mol. The Morgan fingerprint density at radius 1 is 1.22 bits per heavy atom. The van der Waals surface area contributed by atoms with Gasteiger partial charge < -0.3 is 19.9 Å². The fourth-order valence-corrected chi connectivity index (χ4v) is 2.51. The molecule has 1 amide bonds. The molecular weight excluding hydrogens is 348 g/mol. The molecule has 0 saturated heterocycles. The Morgan fingerprint density at radius 2 is 2.04 bits per heavy atom. The Hall–Kier alpha value is -3.61. The number of benzene rings is 2. The number of ether oxygens (including phenoxy) is 3. The third kappa shape index (κ3) is 4.33. The van der Waals surface area contributed by atoms with E-state index in [2.05, 4.69) is 4.99 Å². The molecule has 27 heavy (non-hydrogen) atoms. The number of methoxy groups -OCH3 is 1. The lowest BCUT2D eigenvalue weighted by Crippen LogP contribution is -2.20. The molecule has 3 rings (SSSR count). The number of nitrogens with zero attached hydrogens (tertiary/aromatic N) is 1. The summed E-state index contributed by atoms with van der Waals surface area (Å²) in [6.45, 7) is 1.69. The van der Waals surface area contributed by atoms with Gasteiger partial charge in [-0.1, -0.05) is 23.8 Å². The predicted molar refractivity (Wildman–Crippen MR) is 99.5 cm³/mol. The molecular formula is C20H18N2O5. The van der Waals surface area contributed by atoms with Crippen LogP contribution in [0.5, 0.6) is 11.5 Å². The fraction of sp³-hybridized carbons (Fsp3) is 0.150. The van der Waals surface area contributed by atoms with E-state index in [1.54, 1.807) is 24.3 Å². The zero-order chi connectivity index (χ0) is 19.4. The third-order valence-electron chi connectivity index (χ3n) is 3.75. The first kappa shape index (κ1) is 18.2. The van der Waals surface area contributed by atoms with Crippen LogP contribution in [0.25, 0.3) is 6.08 Å². The highest BCUT2D eigenvalue weighted by Gasteiger charge is 2.24. The summed E-state index contributed by atoms with van der Waals surface area (Å²) in [6, 6.07) is 12.5. The highest BCUT2D eigenvalue weighted by atomic mass is 16.6. The molecule has 1 aliphatic heterocycles. The van der Waals surface area contributed by atoms with Gasteiger partial charge in [0.2, 0.25) is 5.90 Å². The summed E-state index contributed by atoms with van der Waals surface area (Å²) in [7, 11) is 1.47. The first-order valence-corrected chi connectivity index (χ1v) is 8.15. The molecule has 2 aromatic carbocycles. The Labute approximate surface area is 156 Å². The molecule has 7 heteroatoms. The first-order valence-electron chi connectivity index (χ1n) is 8.15. The highest BCUT2D eigenvalue weighted by Crippen LogP contribution is 2.29. The molecule has 0 aliphatic carbocycles. The maximum atomic E-state index is 12.1. The molecule has 2 aromatic rings. The largest absolute Gasteiger partial charge is 0.493 e. The van der Waals surface area contributed by atoms with Gasteiger partial charge in [-0.15, -0.1) is 0 Å². The number of carbonyl (C=O) groups is 2. The maximum Gasteiger partial charge on any atom is 0.363 e. The van der Waals surface area contributed by atoms with Crippen molar-refractivity contribution in [2.45, 2.75) is 6.92 Å². The van der Waals surface area contributed by atoms with Gasteiger partial charge in [0, 0.05) is 5.56 Å². The van der Waals surface area contributed by atoms with Gasteiger partial charge in [-0.05, 0) is 42.8 Å². The Bertz CT molecular complexity index is 963. The normalized spacial score (nSPS) is 14.7. The second-order valence-corrected chi connectivity index (χ2v) is 5.87. The van der Waals surface area contributed by atoms with Crippen LogP contribution < -0.4 is 15.2 Å². The van der Waals surface area contributed by atoms with E-state index in [0.29, 0.717) is 17.1 Å². The van der Waals surface area contributed by atoms with Gasteiger partial charge in [-0.2, -0.15) is 0 Å². The van der Waals surface area contributed by atoms with Crippen LogP contribution in [-0.2, 0) is 14.3 Å². The molecule has 0 atom stereocenters. The van der Waals surface area contributed by atoms with Crippen molar-refractivity contribution in [3.63, 3.8) is 0 Å². The number of cyclic esters (lactones) is 1. The zero-order valence-electron chi connectivity index (χ0n) is 14.9. The van der Waals surface area contributed by atoms with Gasteiger partial charge in [0.05, 0.1) is 7.11 Å². The number of hydrogen-bond donors (Lipinski definition) is 1. The van der Waals surface area contributed by atoms with Crippen LogP contribution >= 0.6 is 0 Å². The van der Waals surface area contributed by atoms with Crippen LogP contribution in [0, 0.1) is 6.92 Å². The van der Waals surface area contributed by atoms with Gasteiger partial charge in [0.25, 0.3) is 5.91 Å². The first-order chi connectivity index (χ1) is 13.0. The molecule has 2 N–H and O–H groups in total. The average molecular weight is 366 g/mol. The number of amides is 1. The lowest BCUT2D eigenvalue weighted by Gasteiger charge is -2.09. The van der Waals surface area contributed by atoms with Crippen LogP contribution in [0.4, 0.5) is 0 Å². The molecule has 0 unspecified atom stereocenters. The number of aryl methyl sites for hydroxylation is 1. The summed E-state index contributed by atoms with van der Waals surface area (Å²) >= 11 is 0. The van der Waals surface area contributed by atoms with Crippen molar-refractivity contribution in [3.05, 3.63) is 64.9 Å². The minimum absolute atomic E-state index is 0.180. The van der Waals surface area contributed by atoms with Crippen molar-refractivity contribution in [2.24, 2.45) is 10.7 Å². The van der Waals surface area contributed by atoms with Gasteiger partial charge in [-0.3, -0.25) is 4.79 Å². The van der Waals surface area contributed by atoms with Crippen molar-refractivity contribution >= 4 is 23.9 Å². The summed E-state index contributed by atoms with van der Waals surface area (Å²) in [5.74, 6) is -0.0749. The Kier molecular flexibility index (Phi) is 5.21. The maximum absolute atomic E-state index is 12.1. The van der Waals surface area contributed by atoms with Gasteiger partial charge >= 0.3 is 5.97 Å². The summed E-state index contributed by atoms with van der Waals surface area (Å²) in [4.78, 5) is 27.3. The van der Waals surface area contributed by atoms with E-state index >= 15 is 0 Å². The lowest BCUT2D eigenvalue weighted by molar-refractivity contribution is -0.130. The van der Waals surface area contributed by atoms with Crippen LogP contribution in [0.15, 0.2) is 53.2 Å². The van der Waals surface area contributed by atoms with Crippen molar-refractivity contribution in [1.82, 2.24) is 0 Å². The highest BCUT2D eigenvalue weighted by molar-refractivity contribution is 6.12. The van der Waals surface area contributed by atoms with E-state index in [9.17, 15) is 9.59 Å². The quantitative estimate of drug-likeness (QED) is 0.624. The standard InChI is InChI=1S/C20H18N2O5/c1-12-4-3-5-14(8-12)19-22-15(20(24)27-19)9-13-6-7-16(17(10-13)25-2)26-11-18(21)23/h3-10H,11H2,1-2H3,(H2,21,23)/b15-9-. The summed E-state index contributed by atoms with van der Waals surface area (Å²) in [6.07, 6.45) is 1.59. The van der Waals surface area contributed by atoms with Crippen LogP contribution in [0.1, 0.15) is 16.7 Å². The van der Waals surface area contributed by atoms with Crippen LogP contribution in [0.2, 0.25) is 0 Å². The van der Waals surface area contributed by atoms with E-state index in [4.69, 9.17) is 19.9 Å². The summed E-state index contributed by atoms with van der Waals surface area (Å²) < 4.78 is 15.8. The number of rotatable bonds is 6. The molecule has 1 heterocycles. The SMILES string of the molecule is COc1cc(/C=C2\N=C(c3cccc(C)c3)OC2=O)ccc1OCC(N)=O. The summed E-state index contributed by atoms with van der Waals surface area (Å²) in [5.41, 5.74) is 7.70. The molecule has 0 fully saturated rings. The molecule has 0 bridgehead atoms. The van der Waals surface area contributed by atoms with Crippen LogP contribution in [-0.4, -0.2) is 31.5 Å². The van der Waals surface area contributed by atoms with E-state index in [1.165, 1.54) is 7.11 Å². The summed E-state index contributed by atoms with van der Waals surface area (Å²) in [5, 5.41) is 0. The van der Waals surface area contributed by atoms with Crippen molar-refractivity contribution in [2.75, 3.05) is 13.7 Å². The number of carbonyl (C=O) groups excluding carboxylic acids is 2. The number of nitrogens with two attached hydrogens (primary N) is 1. The Balaban J connectivity index is 1.87. The molecule has 138 valence electrons. The van der Waals surface area contributed by atoms with Crippen molar-refractivity contribution in [1.29, 1.82) is 0 Å². The molecule has 0 saturated carbocycles. The topological polar surface area (TPSA) is 100 Å². The van der Waals surface area contributed by atoms with E-state index < -0.39 is 11.9 Å². The number of aliphatic imine (C=N–C) groups is 1. The lowest BCUT2D eigenvalue weighted by atomic mass is 10.1. The van der Waals surface area contributed by atoms with Crippen molar-refractivity contribution < 1.29 is 23.8 Å². The van der Waals surface area contributed by atoms with E-state index in [-0.39, 0.29) is 18.2 Å². The number of hydrogen-bond acceptors (Lipinski definition) is 6. The van der Waals surface area contributed by atoms with Crippen LogP contribution in [0.3, 0.4) is 0 Å². The molecule has 0 radical (unpaired) electrons. The smallest absolute Gasteiger partial charge is 0.363 e. The number of primary amides is 1. The number of esters is 1. The second kappa shape index (κ2) is 7.74. The molecule has 0 spiro atoms. The van der Waals surface area contributed by atoms with E-state index in [1.807, 2.05) is 31.2 Å². The molecule has 7 nitrogen and oxygen atoms in total.